The minimum Gasteiger partial charge on any atom is -0.481 e. The third kappa shape index (κ3) is 3.73. The minimum atomic E-state index is -0.613. The molecule has 0 radical (unpaired) electrons. The lowest BCUT2D eigenvalue weighted by Gasteiger charge is -2.57. The van der Waals surface area contributed by atoms with E-state index in [0.717, 1.165) is 23.4 Å². The fourth-order valence-corrected chi connectivity index (χ4v) is 6.59. The van der Waals surface area contributed by atoms with Gasteiger partial charge in [-0.15, -0.1) is 0 Å². The van der Waals surface area contributed by atoms with Crippen molar-refractivity contribution in [3.63, 3.8) is 0 Å². The third-order valence-corrected chi connectivity index (χ3v) is 7.56. The van der Waals surface area contributed by atoms with E-state index in [1.165, 1.54) is 56.2 Å². The molecule has 4 aliphatic carbocycles. The fraction of sp³-hybridized carbons (Fsp3) is 0.500. The molecule has 4 heteroatoms. The molecule has 1 amide bonds. The smallest absolute Gasteiger partial charge is 0.265 e. The van der Waals surface area contributed by atoms with Crippen LogP contribution in [0.4, 0.5) is 10.1 Å². The van der Waals surface area contributed by atoms with Crippen molar-refractivity contribution in [2.45, 2.75) is 63.4 Å². The topological polar surface area (TPSA) is 38.3 Å². The Kier molecular flexibility index (Phi) is 5.04. The molecule has 0 spiro atoms. The van der Waals surface area contributed by atoms with E-state index in [-0.39, 0.29) is 11.7 Å². The molecule has 4 saturated carbocycles. The second-order valence-corrected chi connectivity index (χ2v) is 9.73. The summed E-state index contributed by atoms with van der Waals surface area (Å²) in [5.74, 6) is 2.76. The molecule has 158 valence electrons. The summed E-state index contributed by atoms with van der Waals surface area (Å²) in [5, 5.41) is 2.99. The number of rotatable bonds is 6. The molecular weight excluding hydrogens is 377 g/mol. The molecule has 4 aliphatic rings. The lowest BCUT2D eigenvalue weighted by Crippen LogP contribution is -2.48. The van der Waals surface area contributed by atoms with E-state index in [1.54, 1.807) is 12.1 Å². The Hall–Kier alpha value is -2.36. The molecule has 1 N–H and O–H groups in total. The summed E-state index contributed by atoms with van der Waals surface area (Å²) in [6, 6.07) is 14.3. The van der Waals surface area contributed by atoms with Crippen LogP contribution in [0.15, 0.2) is 48.5 Å². The number of amides is 1. The molecule has 3 nitrogen and oxygen atoms in total. The van der Waals surface area contributed by atoms with Gasteiger partial charge in [0.25, 0.3) is 5.91 Å². The minimum absolute atomic E-state index is 0.177. The SMILES string of the molecule is CC[C@@H](Oc1ccc(F)cc1)C(=O)Nc1ccc(C23CC4CC(CC(C4)C2)C3)cc1. The molecular formula is C26H30FNO2. The Balaban J connectivity index is 1.25. The first-order chi connectivity index (χ1) is 14.5. The zero-order valence-corrected chi connectivity index (χ0v) is 17.6. The van der Waals surface area contributed by atoms with E-state index >= 15 is 0 Å². The van der Waals surface area contributed by atoms with Gasteiger partial charge in [-0.3, -0.25) is 4.79 Å². The van der Waals surface area contributed by atoms with Gasteiger partial charge in [-0.05, 0) is 110 Å². The van der Waals surface area contributed by atoms with Crippen LogP contribution in [0.2, 0.25) is 0 Å². The van der Waals surface area contributed by atoms with Gasteiger partial charge in [0.1, 0.15) is 11.6 Å². The molecule has 0 unspecified atom stereocenters. The van der Waals surface area contributed by atoms with Gasteiger partial charge >= 0.3 is 0 Å². The fourth-order valence-electron chi connectivity index (χ4n) is 6.59. The molecule has 30 heavy (non-hydrogen) atoms. The average Bonchev–Trinajstić information content (AvgIpc) is 2.73. The predicted octanol–water partition coefficient (Wildman–Crippen LogP) is 6.09. The first-order valence-corrected chi connectivity index (χ1v) is 11.4. The summed E-state index contributed by atoms with van der Waals surface area (Å²) in [6.45, 7) is 1.91. The molecule has 2 aromatic rings. The van der Waals surface area contributed by atoms with Crippen molar-refractivity contribution in [2.75, 3.05) is 5.32 Å². The van der Waals surface area contributed by atoms with Gasteiger partial charge < -0.3 is 10.1 Å². The van der Waals surface area contributed by atoms with E-state index in [4.69, 9.17) is 4.74 Å². The number of anilines is 1. The molecule has 0 aliphatic heterocycles. The Morgan fingerprint density at radius 2 is 1.57 bits per heavy atom. The van der Waals surface area contributed by atoms with Crippen molar-refractivity contribution in [3.8, 4) is 5.75 Å². The number of halogens is 1. The Morgan fingerprint density at radius 3 is 2.10 bits per heavy atom. The zero-order chi connectivity index (χ0) is 20.7. The number of hydrogen-bond donors (Lipinski definition) is 1. The van der Waals surface area contributed by atoms with Gasteiger partial charge in [-0.2, -0.15) is 0 Å². The third-order valence-electron chi connectivity index (χ3n) is 7.56. The number of hydrogen-bond acceptors (Lipinski definition) is 2. The quantitative estimate of drug-likeness (QED) is 0.629. The highest BCUT2D eigenvalue weighted by molar-refractivity contribution is 5.94. The summed E-state index contributed by atoms with van der Waals surface area (Å²) in [7, 11) is 0. The highest BCUT2D eigenvalue weighted by Crippen LogP contribution is 2.60. The normalized spacial score (nSPS) is 30.1. The molecule has 4 fully saturated rings. The molecule has 0 aromatic heterocycles. The van der Waals surface area contributed by atoms with Crippen LogP contribution >= 0.6 is 0 Å². The maximum absolute atomic E-state index is 13.1. The van der Waals surface area contributed by atoms with Crippen molar-refractivity contribution in [3.05, 3.63) is 59.9 Å². The van der Waals surface area contributed by atoms with Crippen LogP contribution in [0.5, 0.6) is 5.75 Å². The number of ether oxygens (including phenoxy) is 1. The van der Waals surface area contributed by atoms with Crippen molar-refractivity contribution in [2.24, 2.45) is 17.8 Å². The number of benzene rings is 2. The lowest BCUT2D eigenvalue weighted by atomic mass is 9.48. The molecule has 6 rings (SSSR count). The summed E-state index contributed by atoms with van der Waals surface area (Å²) < 4.78 is 18.8. The van der Waals surface area contributed by atoms with Crippen molar-refractivity contribution >= 4 is 11.6 Å². The number of carbonyl (C=O) groups excluding carboxylic acids is 1. The first-order valence-electron chi connectivity index (χ1n) is 11.4. The van der Waals surface area contributed by atoms with Crippen molar-refractivity contribution in [1.82, 2.24) is 0 Å². The summed E-state index contributed by atoms with van der Waals surface area (Å²) >= 11 is 0. The summed E-state index contributed by atoms with van der Waals surface area (Å²) in [5.41, 5.74) is 2.62. The molecule has 4 bridgehead atoms. The van der Waals surface area contributed by atoms with Gasteiger partial charge in [0.2, 0.25) is 0 Å². The number of carbonyl (C=O) groups is 1. The molecule has 2 aromatic carbocycles. The first kappa shape index (κ1) is 19.6. The van der Waals surface area contributed by atoms with Crippen LogP contribution in [0.25, 0.3) is 0 Å². The second kappa shape index (κ2) is 7.72. The highest BCUT2D eigenvalue weighted by Gasteiger charge is 2.51. The van der Waals surface area contributed by atoms with Gasteiger partial charge in [-0.1, -0.05) is 19.1 Å². The monoisotopic (exact) mass is 407 g/mol. The van der Waals surface area contributed by atoms with E-state index in [1.807, 2.05) is 19.1 Å². The molecule has 1 atom stereocenters. The average molecular weight is 408 g/mol. The Morgan fingerprint density at radius 1 is 1.00 bits per heavy atom. The van der Waals surface area contributed by atoms with Gasteiger partial charge in [0, 0.05) is 5.69 Å². The largest absolute Gasteiger partial charge is 0.481 e. The van der Waals surface area contributed by atoms with E-state index in [0.29, 0.717) is 17.6 Å². The van der Waals surface area contributed by atoms with Crippen LogP contribution in [-0.4, -0.2) is 12.0 Å². The molecule has 0 saturated heterocycles. The maximum Gasteiger partial charge on any atom is 0.265 e. The maximum atomic E-state index is 13.1. The second-order valence-electron chi connectivity index (χ2n) is 9.73. The standard InChI is InChI=1S/C26H30FNO2/c1-2-24(30-23-9-5-21(27)6-10-23)25(29)28-22-7-3-20(4-8-22)26-14-17-11-18(15-26)13-19(12-17)16-26/h3-10,17-19,24H,2,11-16H2,1H3,(H,28,29)/t17?,18?,19?,24-,26?/m1/s1. The zero-order valence-electron chi connectivity index (χ0n) is 17.6. The highest BCUT2D eigenvalue weighted by atomic mass is 19.1. The van der Waals surface area contributed by atoms with Crippen LogP contribution in [0, 0.1) is 23.6 Å². The van der Waals surface area contributed by atoms with Crippen LogP contribution in [0.1, 0.15) is 57.4 Å². The van der Waals surface area contributed by atoms with Crippen LogP contribution in [-0.2, 0) is 10.2 Å². The van der Waals surface area contributed by atoms with E-state index in [9.17, 15) is 9.18 Å². The van der Waals surface area contributed by atoms with Gasteiger partial charge in [0.05, 0.1) is 0 Å². The van der Waals surface area contributed by atoms with Crippen LogP contribution in [0.3, 0.4) is 0 Å². The van der Waals surface area contributed by atoms with E-state index < -0.39 is 6.10 Å². The molecule has 0 heterocycles. The predicted molar refractivity (Wildman–Crippen MR) is 116 cm³/mol. The van der Waals surface area contributed by atoms with Gasteiger partial charge in [0.15, 0.2) is 6.10 Å². The van der Waals surface area contributed by atoms with Crippen molar-refractivity contribution < 1.29 is 13.9 Å². The Bertz CT molecular complexity index is 870. The summed E-state index contributed by atoms with van der Waals surface area (Å²) in [4.78, 5) is 12.7. The van der Waals surface area contributed by atoms with E-state index in [2.05, 4.69) is 17.4 Å². The Labute approximate surface area is 178 Å². The van der Waals surface area contributed by atoms with Crippen LogP contribution < -0.4 is 10.1 Å². The summed E-state index contributed by atoms with van der Waals surface area (Å²) in [6.07, 6.45) is 8.28. The number of nitrogens with one attached hydrogen (secondary N) is 1. The van der Waals surface area contributed by atoms with Crippen molar-refractivity contribution in [1.29, 1.82) is 0 Å². The van der Waals surface area contributed by atoms with Gasteiger partial charge in [-0.25, -0.2) is 4.39 Å². The lowest BCUT2D eigenvalue weighted by molar-refractivity contribution is -0.122.